The monoisotopic (exact) mass is 408 g/mol. The van der Waals surface area contributed by atoms with Crippen LogP contribution in [0.5, 0.6) is 5.75 Å². The Kier molecular flexibility index (Phi) is 5.57. The number of amides is 2. The largest absolute Gasteiger partial charge is 0.573 e. The molecular formula is C18H15F3N4O4. The van der Waals surface area contributed by atoms with Gasteiger partial charge in [-0.15, -0.1) is 13.2 Å². The molecule has 0 aliphatic rings. The summed E-state index contributed by atoms with van der Waals surface area (Å²) in [6, 6.07) is 9.52. The number of furan rings is 1. The van der Waals surface area contributed by atoms with Crippen LogP contribution in [0.2, 0.25) is 0 Å². The van der Waals surface area contributed by atoms with Crippen LogP contribution in [0, 0.1) is 0 Å². The van der Waals surface area contributed by atoms with Crippen molar-refractivity contribution in [3.63, 3.8) is 0 Å². The van der Waals surface area contributed by atoms with Gasteiger partial charge in [-0.1, -0.05) is 0 Å². The van der Waals surface area contributed by atoms with E-state index in [0.29, 0.717) is 11.5 Å². The van der Waals surface area contributed by atoms with E-state index in [4.69, 9.17) is 4.42 Å². The number of rotatable bonds is 5. The number of anilines is 1. The minimum Gasteiger partial charge on any atom is -0.458 e. The third kappa shape index (κ3) is 5.37. The van der Waals surface area contributed by atoms with Crippen molar-refractivity contribution in [2.24, 2.45) is 7.05 Å². The molecule has 152 valence electrons. The lowest BCUT2D eigenvalue weighted by atomic mass is 10.3. The molecule has 0 saturated carbocycles. The first-order chi connectivity index (χ1) is 13.7. The summed E-state index contributed by atoms with van der Waals surface area (Å²) < 4.78 is 47.3. The molecule has 0 radical (unpaired) electrons. The van der Waals surface area contributed by atoms with Gasteiger partial charge in [0.05, 0.1) is 6.54 Å². The van der Waals surface area contributed by atoms with Crippen LogP contribution in [0.3, 0.4) is 0 Å². The molecule has 2 aromatic heterocycles. The van der Waals surface area contributed by atoms with Crippen LogP contribution in [0.4, 0.5) is 18.9 Å². The lowest BCUT2D eigenvalue weighted by molar-refractivity contribution is -0.274. The van der Waals surface area contributed by atoms with Gasteiger partial charge in [-0.25, -0.2) is 0 Å². The Hall–Kier alpha value is -3.76. The maximum absolute atomic E-state index is 12.1. The fourth-order valence-corrected chi connectivity index (χ4v) is 2.40. The average Bonchev–Trinajstić information content (AvgIpc) is 3.28. The Balaban J connectivity index is 1.51. The lowest BCUT2D eigenvalue weighted by Gasteiger charge is -2.10. The number of carbonyl (C=O) groups is 2. The van der Waals surface area contributed by atoms with Gasteiger partial charge in [0.15, 0.2) is 5.76 Å². The third-order valence-corrected chi connectivity index (χ3v) is 3.71. The number of hydrogen-bond acceptors (Lipinski definition) is 5. The highest BCUT2D eigenvalue weighted by Gasteiger charge is 2.31. The molecule has 0 unspecified atom stereocenters. The maximum Gasteiger partial charge on any atom is 0.573 e. The van der Waals surface area contributed by atoms with Gasteiger partial charge in [-0.3, -0.25) is 14.3 Å². The SMILES string of the molecule is Cn1nccc1-c1ccc(CNC(=O)C(=O)Nc2ccc(OC(F)(F)F)cc2)o1. The van der Waals surface area contributed by atoms with E-state index in [1.54, 1.807) is 36.1 Å². The first-order valence-corrected chi connectivity index (χ1v) is 8.23. The van der Waals surface area contributed by atoms with Crippen molar-refractivity contribution >= 4 is 17.5 Å². The summed E-state index contributed by atoms with van der Waals surface area (Å²) in [5, 5.41) is 8.70. The number of halogens is 3. The van der Waals surface area contributed by atoms with Gasteiger partial charge < -0.3 is 19.8 Å². The van der Waals surface area contributed by atoms with Gasteiger partial charge >= 0.3 is 18.2 Å². The van der Waals surface area contributed by atoms with Crippen molar-refractivity contribution in [1.29, 1.82) is 0 Å². The van der Waals surface area contributed by atoms with E-state index in [1.807, 2.05) is 0 Å². The molecule has 0 fully saturated rings. The smallest absolute Gasteiger partial charge is 0.458 e. The fourth-order valence-electron chi connectivity index (χ4n) is 2.40. The standard InChI is InChI=1S/C18H15F3N4O4/c1-25-14(8-9-23-25)15-7-6-13(28-15)10-22-16(26)17(27)24-11-2-4-12(5-3-11)29-18(19,20)21/h2-9H,10H2,1H3,(H,22,26)(H,24,27). The van der Waals surface area contributed by atoms with E-state index < -0.39 is 23.9 Å². The second-order valence-electron chi connectivity index (χ2n) is 5.81. The molecule has 0 saturated heterocycles. The summed E-state index contributed by atoms with van der Waals surface area (Å²) in [5.74, 6) is -1.37. The highest BCUT2D eigenvalue weighted by Crippen LogP contribution is 2.24. The summed E-state index contributed by atoms with van der Waals surface area (Å²) in [6.07, 6.45) is -3.20. The number of nitrogens with one attached hydrogen (secondary N) is 2. The predicted molar refractivity (Wildman–Crippen MR) is 94.5 cm³/mol. The number of carbonyl (C=O) groups excluding carboxylic acids is 2. The topological polar surface area (TPSA) is 98.4 Å². The number of ether oxygens (including phenoxy) is 1. The van der Waals surface area contributed by atoms with Gasteiger partial charge in [0.1, 0.15) is 17.2 Å². The van der Waals surface area contributed by atoms with Crippen molar-refractivity contribution in [3.8, 4) is 17.2 Å². The van der Waals surface area contributed by atoms with Gasteiger partial charge in [0.25, 0.3) is 0 Å². The van der Waals surface area contributed by atoms with E-state index in [-0.39, 0.29) is 12.2 Å². The summed E-state index contributed by atoms with van der Waals surface area (Å²) in [4.78, 5) is 23.8. The summed E-state index contributed by atoms with van der Waals surface area (Å²) in [6.45, 7) is -0.0253. The number of aromatic nitrogens is 2. The van der Waals surface area contributed by atoms with E-state index in [1.165, 1.54) is 12.1 Å². The second kappa shape index (κ2) is 8.09. The average molecular weight is 408 g/mol. The molecule has 11 heteroatoms. The molecule has 2 N–H and O–H groups in total. The van der Waals surface area contributed by atoms with Crippen molar-refractivity contribution in [2.45, 2.75) is 12.9 Å². The Morgan fingerprint density at radius 3 is 2.45 bits per heavy atom. The predicted octanol–water partition coefficient (Wildman–Crippen LogP) is 2.83. The molecule has 8 nitrogen and oxygen atoms in total. The Bertz CT molecular complexity index is 1010. The van der Waals surface area contributed by atoms with E-state index in [9.17, 15) is 22.8 Å². The van der Waals surface area contributed by atoms with Crippen LogP contribution in [0.15, 0.2) is 53.1 Å². The first-order valence-electron chi connectivity index (χ1n) is 8.23. The Morgan fingerprint density at radius 2 is 1.83 bits per heavy atom. The van der Waals surface area contributed by atoms with Crippen LogP contribution >= 0.6 is 0 Å². The van der Waals surface area contributed by atoms with E-state index >= 15 is 0 Å². The van der Waals surface area contributed by atoms with E-state index in [2.05, 4.69) is 20.5 Å². The van der Waals surface area contributed by atoms with Crippen LogP contribution in [0.1, 0.15) is 5.76 Å². The molecule has 29 heavy (non-hydrogen) atoms. The molecule has 0 spiro atoms. The fraction of sp³-hybridized carbons (Fsp3) is 0.167. The normalized spacial score (nSPS) is 11.2. The lowest BCUT2D eigenvalue weighted by Crippen LogP contribution is -2.34. The minimum atomic E-state index is -4.81. The molecule has 0 aliphatic carbocycles. The second-order valence-corrected chi connectivity index (χ2v) is 5.81. The molecule has 1 aromatic carbocycles. The molecule has 0 bridgehead atoms. The van der Waals surface area contributed by atoms with Crippen LogP contribution in [-0.2, 0) is 23.2 Å². The van der Waals surface area contributed by atoms with Crippen LogP contribution in [-0.4, -0.2) is 28.0 Å². The first kappa shape index (κ1) is 20.0. The summed E-state index contributed by atoms with van der Waals surface area (Å²) >= 11 is 0. The molecule has 2 amide bonds. The highest BCUT2D eigenvalue weighted by molar-refractivity contribution is 6.39. The zero-order valence-corrected chi connectivity index (χ0v) is 15.0. The van der Waals surface area contributed by atoms with Crippen molar-refractivity contribution in [2.75, 3.05) is 5.32 Å². The van der Waals surface area contributed by atoms with Crippen molar-refractivity contribution in [1.82, 2.24) is 15.1 Å². The molecule has 0 aliphatic heterocycles. The van der Waals surface area contributed by atoms with Crippen LogP contribution < -0.4 is 15.4 Å². The molecular weight excluding hydrogens is 393 g/mol. The minimum absolute atomic E-state index is 0.0253. The molecule has 0 atom stereocenters. The molecule has 3 rings (SSSR count). The zero-order chi connectivity index (χ0) is 21.0. The third-order valence-electron chi connectivity index (χ3n) is 3.71. The summed E-state index contributed by atoms with van der Waals surface area (Å²) in [7, 11) is 1.76. The Labute approximate surface area is 162 Å². The zero-order valence-electron chi connectivity index (χ0n) is 15.0. The molecule has 3 aromatic rings. The van der Waals surface area contributed by atoms with Gasteiger partial charge in [-0.2, -0.15) is 5.10 Å². The van der Waals surface area contributed by atoms with Crippen LogP contribution in [0.25, 0.3) is 11.5 Å². The van der Waals surface area contributed by atoms with Gasteiger partial charge in [0.2, 0.25) is 0 Å². The Morgan fingerprint density at radius 1 is 1.10 bits per heavy atom. The molecule has 2 heterocycles. The van der Waals surface area contributed by atoms with Gasteiger partial charge in [0, 0.05) is 18.9 Å². The van der Waals surface area contributed by atoms with E-state index in [0.717, 1.165) is 17.8 Å². The van der Waals surface area contributed by atoms with Crippen molar-refractivity contribution < 1.29 is 31.9 Å². The van der Waals surface area contributed by atoms with Gasteiger partial charge in [-0.05, 0) is 42.5 Å². The number of hydrogen-bond donors (Lipinski definition) is 2. The van der Waals surface area contributed by atoms with Crippen molar-refractivity contribution in [3.05, 3.63) is 54.4 Å². The highest BCUT2D eigenvalue weighted by atomic mass is 19.4. The maximum atomic E-state index is 12.1. The summed E-state index contributed by atoms with van der Waals surface area (Å²) in [5.41, 5.74) is 0.884. The number of alkyl halides is 3. The number of aryl methyl sites for hydroxylation is 1. The quantitative estimate of drug-likeness (QED) is 0.633. The number of benzene rings is 1. The number of nitrogens with zero attached hydrogens (tertiary/aromatic N) is 2.